The molecule has 1 aromatic rings. The van der Waals surface area contributed by atoms with Gasteiger partial charge in [-0.1, -0.05) is 0 Å². The molecule has 2 rings (SSSR count). The first-order valence-corrected chi connectivity index (χ1v) is 6.56. The molecule has 1 fully saturated rings. The number of ether oxygens (including phenoxy) is 1. The number of hydrogen-bond donors (Lipinski definition) is 2. The molecule has 108 valence electrons. The smallest absolute Gasteiger partial charge is 0.339 e. The molecule has 6 heteroatoms. The van der Waals surface area contributed by atoms with E-state index < -0.39 is 11.9 Å². The number of pyridine rings is 1. The van der Waals surface area contributed by atoms with E-state index in [9.17, 15) is 9.59 Å². The molecule has 1 aliphatic rings. The van der Waals surface area contributed by atoms with Crippen LogP contribution >= 0.6 is 0 Å². The predicted octanol–water partition coefficient (Wildman–Crippen LogP) is 1.84. The maximum Gasteiger partial charge on any atom is 0.339 e. The largest absolute Gasteiger partial charge is 0.481 e. The molecule has 2 unspecified atom stereocenters. The minimum absolute atomic E-state index is 0.118. The highest BCUT2D eigenvalue weighted by Gasteiger charge is 2.29. The summed E-state index contributed by atoms with van der Waals surface area (Å²) < 4.78 is 4.67. The summed E-state index contributed by atoms with van der Waals surface area (Å²) in [7, 11) is 1.33. The lowest BCUT2D eigenvalue weighted by molar-refractivity contribution is -0.141. The van der Waals surface area contributed by atoms with E-state index >= 15 is 0 Å². The molecule has 0 aromatic carbocycles. The fraction of sp³-hybridized carbons (Fsp3) is 0.500. The number of aliphatic carboxylic acids is 1. The van der Waals surface area contributed by atoms with Crippen LogP contribution in [0.15, 0.2) is 12.1 Å². The SMILES string of the molecule is COC(=O)c1ccc(NC2CCC(C(=O)O)C2)nc1C. The predicted molar refractivity (Wildman–Crippen MR) is 72.7 cm³/mol. The van der Waals surface area contributed by atoms with Crippen LogP contribution in [0.2, 0.25) is 0 Å². The van der Waals surface area contributed by atoms with Crippen molar-refractivity contribution in [3.63, 3.8) is 0 Å². The third kappa shape index (κ3) is 3.07. The maximum absolute atomic E-state index is 11.5. The number of rotatable bonds is 4. The van der Waals surface area contributed by atoms with Crippen molar-refractivity contribution in [1.82, 2.24) is 4.98 Å². The fourth-order valence-corrected chi connectivity index (χ4v) is 2.51. The molecule has 6 nitrogen and oxygen atoms in total. The number of esters is 1. The lowest BCUT2D eigenvalue weighted by atomic mass is 10.1. The first-order valence-electron chi connectivity index (χ1n) is 6.56. The molecule has 1 aromatic heterocycles. The van der Waals surface area contributed by atoms with E-state index in [1.807, 2.05) is 0 Å². The Labute approximate surface area is 117 Å². The molecule has 1 aliphatic carbocycles. The standard InChI is InChI=1S/C14H18N2O4/c1-8-11(14(19)20-2)5-6-12(15-8)16-10-4-3-9(7-10)13(17)18/h5-6,9-10H,3-4,7H2,1-2H3,(H,15,16)(H,17,18). The van der Waals surface area contributed by atoms with Gasteiger partial charge in [-0.3, -0.25) is 4.79 Å². The van der Waals surface area contributed by atoms with Crippen LogP contribution in [0.5, 0.6) is 0 Å². The molecular formula is C14H18N2O4. The van der Waals surface area contributed by atoms with Crippen molar-refractivity contribution in [2.24, 2.45) is 5.92 Å². The average Bonchev–Trinajstić information content (AvgIpc) is 2.87. The summed E-state index contributed by atoms with van der Waals surface area (Å²) >= 11 is 0. The van der Waals surface area contributed by atoms with Gasteiger partial charge in [-0.05, 0) is 38.3 Å². The van der Waals surface area contributed by atoms with Gasteiger partial charge in [0.05, 0.1) is 24.3 Å². The van der Waals surface area contributed by atoms with Crippen molar-refractivity contribution in [2.75, 3.05) is 12.4 Å². The van der Waals surface area contributed by atoms with Crippen LogP contribution in [-0.2, 0) is 9.53 Å². The molecule has 0 radical (unpaired) electrons. The topological polar surface area (TPSA) is 88.5 Å². The minimum Gasteiger partial charge on any atom is -0.481 e. The van der Waals surface area contributed by atoms with Crippen molar-refractivity contribution >= 4 is 17.8 Å². The van der Waals surface area contributed by atoms with E-state index in [4.69, 9.17) is 5.11 Å². The Bertz CT molecular complexity index is 530. The lowest BCUT2D eigenvalue weighted by Gasteiger charge is -2.14. The normalized spacial score (nSPS) is 21.5. The molecule has 0 amide bonds. The molecule has 2 atom stereocenters. The summed E-state index contributed by atoms with van der Waals surface area (Å²) in [6, 6.07) is 3.50. The van der Waals surface area contributed by atoms with E-state index in [-0.39, 0.29) is 12.0 Å². The van der Waals surface area contributed by atoms with Crippen LogP contribution in [0.4, 0.5) is 5.82 Å². The Morgan fingerprint density at radius 1 is 1.40 bits per heavy atom. The molecule has 1 saturated carbocycles. The van der Waals surface area contributed by atoms with E-state index in [0.29, 0.717) is 29.9 Å². The Morgan fingerprint density at radius 2 is 2.15 bits per heavy atom. The van der Waals surface area contributed by atoms with E-state index in [0.717, 1.165) is 6.42 Å². The van der Waals surface area contributed by atoms with Crippen molar-refractivity contribution in [3.8, 4) is 0 Å². The second-order valence-corrected chi connectivity index (χ2v) is 5.01. The van der Waals surface area contributed by atoms with Gasteiger partial charge in [-0.25, -0.2) is 9.78 Å². The van der Waals surface area contributed by atoms with E-state index in [1.54, 1.807) is 19.1 Å². The lowest BCUT2D eigenvalue weighted by Crippen LogP contribution is -2.19. The monoisotopic (exact) mass is 278 g/mol. The van der Waals surface area contributed by atoms with Crippen LogP contribution in [0.25, 0.3) is 0 Å². The van der Waals surface area contributed by atoms with Gasteiger partial charge in [0.25, 0.3) is 0 Å². The highest BCUT2D eigenvalue weighted by molar-refractivity contribution is 5.90. The number of hydrogen-bond acceptors (Lipinski definition) is 5. The quantitative estimate of drug-likeness (QED) is 0.817. The second kappa shape index (κ2) is 5.90. The van der Waals surface area contributed by atoms with Crippen LogP contribution in [0.1, 0.15) is 35.3 Å². The number of aromatic nitrogens is 1. The van der Waals surface area contributed by atoms with Gasteiger partial charge in [0.1, 0.15) is 5.82 Å². The zero-order valence-electron chi connectivity index (χ0n) is 11.5. The van der Waals surface area contributed by atoms with Gasteiger partial charge in [0, 0.05) is 6.04 Å². The molecular weight excluding hydrogens is 260 g/mol. The highest BCUT2D eigenvalue weighted by atomic mass is 16.5. The number of carbonyl (C=O) groups is 2. The summed E-state index contributed by atoms with van der Waals surface area (Å²) in [5.41, 5.74) is 1.03. The highest BCUT2D eigenvalue weighted by Crippen LogP contribution is 2.28. The van der Waals surface area contributed by atoms with Crippen molar-refractivity contribution < 1.29 is 19.4 Å². The van der Waals surface area contributed by atoms with Gasteiger partial charge >= 0.3 is 11.9 Å². The molecule has 2 N–H and O–H groups in total. The van der Waals surface area contributed by atoms with Crippen LogP contribution in [0.3, 0.4) is 0 Å². The summed E-state index contributed by atoms with van der Waals surface area (Å²) in [5.74, 6) is -0.762. The Kier molecular flexibility index (Phi) is 4.22. The minimum atomic E-state index is -0.737. The first-order chi connectivity index (χ1) is 9.51. The van der Waals surface area contributed by atoms with Crippen LogP contribution in [-0.4, -0.2) is 35.2 Å². The summed E-state index contributed by atoms with van der Waals surface area (Å²) in [5, 5.41) is 12.2. The fourth-order valence-electron chi connectivity index (χ4n) is 2.51. The summed E-state index contributed by atoms with van der Waals surface area (Å²) in [6.07, 6.45) is 2.11. The zero-order valence-corrected chi connectivity index (χ0v) is 11.5. The third-order valence-corrected chi connectivity index (χ3v) is 3.62. The van der Waals surface area contributed by atoms with Gasteiger partial charge in [-0.2, -0.15) is 0 Å². The average molecular weight is 278 g/mol. The Hall–Kier alpha value is -2.11. The number of carboxylic acids is 1. The van der Waals surface area contributed by atoms with Crippen molar-refractivity contribution in [3.05, 3.63) is 23.4 Å². The Morgan fingerprint density at radius 3 is 2.70 bits per heavy atom. The molecule has 0 bridgehead atoms. The maximum atomic E-state index is 11.5. The van der Waals surface area contributed by atoms with E-state index in [1.165, 1.54) is 7.11 Å². The molecule has 0 saturated heterocycles. The molecule has 0 spiro atoms. The van der Waals surface area contributed by atoms with Crippen molar-refractivity contribution in [2.45, 2.75) is 32.2 Å². The molecule has 20 heavy (non-hydrogen) atoms. The second-order valence-electron chi connectivity index (χ2n) is 5.01. The van der Waals surface area contributed by atoms with Crippen molar-refractivity contribution in [1.29, 1.82) is 0 Å². The number of anilines is 1. The van der Waals surface area contributed by atoms with Gasteiger partial charge in [0.15, 0.2) is 0 Å². The van der Waals surface area contributed by atoms with Gasteiger partial charge < -0.3 is 15.2 Å². The Balaban J connectivity index is 2.03. The van der Waals surface area contributed by atoms with Crippen LogP contribution < -0.4 is 5.32 Å². The zero-order chi connectivity index (χ0) is 14.7. The first kappa shape index (κ1) is 14.3. The van der Waals surface area contributed by atoms with Gasteiger partial charge in [0.2, 0.25) is 0 Å². The number of nitrogens with zero attached hydrogens (tertiary/aromatic N) is 1. The van der Waals surface area contributed by atoms with E-state index in [2.05, 4.69) is 15.0 Å². The molecule has 1 heterocycles. The number of nitrogens with one attached hydrogen (secondary N) is 1. The van der Waals surface area contributed by atoms with Crippen LogP contribution in [0, 0.1) is 12.8 Å². The third-order valence-electron chi connectivity index (χ3n) is 3.62. The number of methoxy groups -OCH3 is 1. The summed E-state index contributed by atoms with van der Waals surface area (Å²) in [4.78, 5) is 26.7. The van der Waals surface area contributed by atoms with Gasteiger partial charge in [-0.15, -0.1) is 0 Å². The molecule has 0 aliphatic heterocycles. The summed E-state index contributed by atoms with van der Waals surface area (Å²) in [6.45, 7) is 1.74. The number of aryl methyl sites for hydroxylation is 1. The number of carbonyl (C=O) groups excluding carboxylic acids is 1. The number of carboxylic acid groups (broad SMARTS) is 1.